The quantitative estimate of drug-likeness (QED) is 0.916. The molecule has 1 fully saturated rings. The summed E-state index contributed by atoms with van der Waals surface area (Å²) in [7, 11) is 0. The molecule has 1 aromatic heterocycles. The van der Waals surface area contributed by atoms with Crippen LogP contribution in [0.2, 0.25) is 5.02 Å². The van der Waals surface area contributed by atoms with Crippen LogP contribution >= 0.6 is 11.6 Å². The number of hydrogen-bond acceptors (Lipinski definition) is 5. The van der Waals surface area contributed by atoms with Gasteiger partial charge < -0.3 is 20.0 Å². The molecule has 0 spiro atoms. The number of carbonyl (C=O) groups is 1. The zero-order chi connectivity index (χ0) is 14.8. The van der Waals surface area contributed by atoms with Gasteiger partial charge in [-0.3, -0.25) is 4.79 Å². The zero-order valence-electron chi connectivity index (χ0n) is 11.3. The SMILES string of the molecule is Nc1nc(C(=O)N2CCN(c3cccc(Cl)c3)CC2)co1. The minimum Gasteiger partial charge on any atom is -0.431 e. The second-order valence-corrected chi connectivity index (χ2v) is 5.27. The Labute approximate surface area is 127 Å². The molecule has 2 heterocycles. The third kappa shape index (κ3) is 2.95. The summed E-state index contributed by atoms with van der Waals surface area (Å²) < 4.78 is 4.87. The maximum absolute atomic E-state index is 12.2. The van der Waals surface area contributed by atoms with Gasteiger partial charge in [-0.15, -0.1) is 0 Å². The Morgan fingerprint density at radius 3 is 2.67 bits per heavy atom. The summed E-state index contributed by atoms with van der Waals surface area (Å²) in [4.78, 5) is 20.0. The number of amides is 1. The van der Waals surface area contributed by atoms with Crippen molar-refractivity contribution in [2.45, 2.75) is 0 Å². The smallest absolute Gasteiger partial charge is 0.292 e. The van der Waals surface area contributed by atoms with Gasteiger partial charge in [0.05, 0.1) is 0 Å². The van der Waals surface area contributed by atoms with Crippen LogP contribution in [0.25, 0.3) is 0 Å². The molecule has 2 aromatic rings. The summed E-state index contributed by atoms with van der Waals surface area (Å²) in [6, 6.07) is 7.72. The van der Waals surface area contributed by atoms with E-state index < -0.39 is 0 Å². The number of oxazole rings is 1. The highest BCUT2D eigenvalue weighted by atomic mass is 35.5. The third-order valence-electron chi connectivity index (χ3n) is 3.48. The largest absolute Gasteiger partial charge is 0.431 e. The lowest BCUT2D eigenvalue weighted by molar-refractivity contribution is 0.0741. The normalized spacial score (nSPS) is 15.3. The van der Waals surface area contributed by atoms with E-state index >= 15 is 0 Å². The number of carbonyl (C=O) groups excluding carboxylic acids is 1. The van der Waals surface area contributed by atoms with E-state index in [0.717, 1.165) is 18.8 Å². The molecule has 1 aromatic carbocycles. The number of nitrogens with two attached hydrogens (primary N) is 1. The molecular weight excluding hydrogens is 292 g/mol. The number of anilines is 2. The highest BCUT2D eigenvalue weighted by Crippen LogP contribution is 2.21. The van der Waals surface area contributed by atoms with Crippen molar-refractivity contribution in [2.24, 2.45) is 0 Å². The number of benzene rings is 1. The molecule has 1 aliphatic heterocycles. The van der Waals surface area contributed by atoms with Gasteiger partial charge in [0, 0.05) is 36.9 Å². The number of rotatable bonds is 2. The summed E-state index contributed by atoms with van der Waals surface area (Å²) in [5.41, 5.74) is 6.71. The predicted molar refractivity (Wildman–Crippen MR) is 80.5 cm³/mol. The molecule has 0 saturated carbocycles. The molecule has 1 amide bonds. The molecule has 0 bridgehead atoms. The van der Waals surface area contributed by atoms with Crippen LogP contribution in [0.4, 0.5) is 11.7 Å². The number of hydrogen-bond donors (Lipinski definition) is 1. The van der Waals surface area contributed by atoms with Crippen molar-refractivity contribution >= 4 is 29.2 Å². The maximum atomic E-state index is 12.2. The summed E-state index contributed by atoms with van der Waals surface area (Å²) >= 11 is 6.00. The van der Waals surface area contributed by atoms with Crippen LogP contribution < -0.4 is 10.6 Å². The summed E-state index contributed by atoms with van der Waals surface area (Å²) in [5, 5.41) is 0.712. The summed E-state index contributed by atoms with van der Waals surface area (Å²) in [5.74, 6) is -0.152. The second-order valence-electron chi connectivity index (χ2n) is 4.83. The van der Waals surface area contributed by atoms with Gasteiger partial charge in [-0.1, -0.05) is 17.7 Å². The van der Waals surface area contributed by atoms with Gasteiger partial charge in [-0.25, -0.2) is 0 Å². The van der Waals surface area contributed by atoms with Gasteiger partial charge in [0.15, 0.2) is 5.69 Å². The van der Waals surface area contributed by atoms with E-state index in [1.165, 1.54) is 6.26 Å². The Bertz CT molecular complexity index is 650. The van der Waals surface area contributed by atoms with Gasteiger partial charge in [0.2, 0.25) is 0 Å². The minimum atomic E-state index is -0.152. The van der Waals surface area contributed by atoms with Crippen LogP contribution in [-0.4, -0.2) is 42.0 Å². The molecule has 1 aliphatic rings. The van der Waals surface area contributed by atoms with E-state index in [1.807, 2.05) is 24.3 Å². The van der Waals surface area contributed by atoms with Gasteiger partial charge in [0.25, 0.3) is 11.9 Å². The van der Waals surface area contributed by atoms with Gasteiger partial charge in [-0.05, 0) is 18.2 Å². The Kier molecular flexibility index (Phi) is 3.70. The van der Waals surface area contributed by atoms with Crippen molar-refractivity contribution in [3.05, 3.63) is 41.2 Å². The average Bonchev–Trinajstić information content (AvgIpc) is 2.93. The van der Waals surface area contributed by atoms with Gasteiger partial charge in [0.1, 0.15) is 6.26 Å². The monoisotopic (exact) mass is 306 g/mol. The van der Waals surface area contributed by atoms with Crippen molar-refractivity contribution in [3.8, 4) is 0 Å². The number of aromatic nitrogens is 1. The fraction of sp³-hybridized carbons (Fsp3) is 0.286. The molecule has 0 aliphatic carbocycles. The molecule has 6 nitrogen and oxygen atoms in total. The van der Waals surface area contributed by atoms with Crippen molar-refractivity contribution < 1.29 is 9.21 Å². The molecule has 3 rings (SSSR count). The highest BCUT2D eigenvalue weighted by Gasteiger charge is 2.24. The molecule has 1 saturated heterocycles. The lowest BCUT2D eigenvalue weighted by Gasteiger charge is -2.35. The summed E-state index contributed by atoms with van der Waals surface area (Å²) in [6.45, 7) is 2.75. The van der Waals surface area contributed by atoms with E-state index in [4.69, 9.17) is 21.8 Å². The molecule has 7 heteroatoms. The van der Waals surface area contributed by atoms with Crippen LogP contribution in [0.1, 0.15) is 10.5 Å². The van der Waals surface area contributed by atoms with Crippen LogP contribution in [-0.2, 0) is 0 Å². The van der Waals surface area contributed by atoms with E-state index in [-0.39, 0.29) is 17.6 Å². The number of piperazine rings is 1. The number of halogens is 1. The minimum absolute atomic E-state index is 0.0101. The topological polar surface area (TPSA) is 75.6 Å². The molecule has 0 radical (unpaired) electrons. The van der Waals surface area contributed by atoms with Crippen LogP contribution in [0.3, 0.4) is 0 Å². The summed E-state index contributed by atoms with van der Waals surface area (Å²) in [6.07, 6.45) is 1.29. The van der Waals surface area contributed by atoms with Crippen LogP contribution in [0.15, 0.2) is 34.9 Å². The highest BCUT2D eigenvalue weighted by molar-refractivity contribution is 6.30. The lowest BCUT2D eigenvalue weighted by atomic mass is 10.2. The second kappa shape index (κ2) is 5.65. The molecule has 110 valence electrons. The van der Waals surface area contributed by atoms with Crippen molar-refractivity contribution in [3.63, 3.8) is 0 Å². The number of nitrogen functional groups attached to an aromatic ring is 1. The molecule has 2 N–H and O–H groups in total. The zero-order valence-corrected chi connectivity index (χ0v) is 12.1. The van der Waals surface area contributed by atoms with Gasteiger partial charge in [-0.2, -0.15) is 4.98 Å². The third-order valence-corrected chi connectivity index (χ3v) is 3.72. The van der Waals surface area contributed by atoms with Crippen LogP contribution in [0, 0.1) is 0 Å². The fourth-order valence-corrected chi connectivity index (χ4v) is 2.57. The van der Waals surface area contributed by atoms with Crippen LogP contribution in [0.5, 0.6) is 0 Å². The van der Waals surface area contributed by atoms with E-state index in [1.54, 1.807) is 4.90 Å². The first-order valence-electron chi connectivity index (χ1n) is 6.64. The first-order chi connectivity index (χ1) is 10.1. The first kappa shape index (κ1) is 13.8. The van der Waals surface area contributed by atoms with E-state index in [9.17, 15) is 4.79 Å². The predicted octanol–water partition coefficient (Wildman–Crippen LogP) is 1.87. The fourth-order valence-electron chi connectivity index (χ4n) is 2.39. The van der Waals surface area contributed by atoms with Crippen molar-refractivity contribution in [1.82, 2.24) is 9.88 Å². The Hall–Kier alpha value is -2.21. The maximum Gasteiger partial charge on any atom is 0.292 e. The lowest BCUT2D eigenvalue weighted by Crippen LogP contribution is -2.48. The van der Waals surface area contributed by atoms with E-state index in [2.05, 4.69) is 9.88 Å². The standard InChI is InChI=1S/C14H15ClN4O2/c15-10-2-1-3-11(8-10)18-4-6-19(7-5-18)13(20)12-9-21-14(16)17-12/h1-3,8-9H,4-7H2,(H2,16,17). The van der Waals surface area contributed by atoms with Crippen molar-refractivity contribution in [2.75, 3.05) is 36.8 Å². The Balaban J connectivity index is 1.64. The van der Waals surface area contributed by atoms with Crippen molar-refractivity contribution in [1.29, 1.82) is 0 Å². The average molecular weight is 307 g/mol. The Morgan fingerprint density at radius 2 is 2.05 bits per heavy atom. The molecule has 0 atom stereocenters. The molecule has 0 unspecified atom stereocenters. The van der Waals surface area contributed by atoms with Gasteiger partial charge >= 0.3 is 0 Å². The number of nitrogens with zero attached hydrogens (tertiary/aromatic N) is 3. The Morgan fingerprint density at radius 1 is 1.29 bits per heavy atom. The van der Waals surface area contributed by atoms with E-state index in [0.29, 0.717) is 18.1 Å². The molecular formula is C14H15ClN4O2. The molecule has 21 heavy (non-hydrogen) atoms. The first-order valence-corrected chi connectivity index (χ1v) is 7.02.